The van der Waals surface area contributed by atoms with E-state index in [1.165, 1.54) is 0 Å². The van der Waals surface area contributed by atoms with Crippen molar-refractivity contribution in [1.82, 2.24) is 0 Å². The molecule has 0 saturated carbocycles. The molecule has 2 rings (SSSR count). The molecule has 0 spiro atoms. The maximum Gasteiger partial charge on any atom is 0.203 e. The monoisotopic (exact) mass is 247 g/mol. The number of Topliss-reactive ketones (excluding diaryl/α,β-unsaturated/α-hetero) is 1. The highest BCUT2D eigenvalue weighted by atomic mass is 16.1. The van der Waals surface area contributed by atoms with Crippen LogP contribution in [0, 0.1) is 18.3 Å². The number of rotatable bonds is 3. The third-order valence-electron chi connectivity index (χ3n) is 2.89. The lowest BCUT2D eigenvalue weighted by atomic mass is 10.0. The van der Waals surface area contributed by atoms with Crippen molar-refractivity contribution in [3.8, 4) is 6.07 Å². The molecule has 2 aromatic carbocycles. The van der Waals surface area contributed by atoms with Gasteiger partial charge >= 0.3 is 0 Å². The zero-order valence-corrected chi connectivity index (χ0v) is 10.6. The van der Waals surface area contributed by atoms with Crippen LogP contribution in [0.25, 0.3) is 6.08 Å². The summed E-state index contributed by atoms with van der Waals surface area (Å²) in [5.41, 5.74) is 2.61. The van der Waals surface area contributed by atoms with Crippen LogP contribution in [0.4, 0.5) is 0 Å². The average molecular weight is 247 g/mol. The maximum atomic E-state index is 12.2. The summed E-state index contributed by atoms with van der Waals surface area (Å²) in [7, 11) is 0. The lowest BCUT2D eigenvalue weighted by molar-refractivity contribution is 0.104. The van der Waals surface area contributed by atoms with Crippen molar-refractivity contribution in [3.05, 3.63) is 76.9 Å². The molecule has 0 aliphatic carbocycles. The molecule has 0 aromatic heterocycles. The van der Waals surface area contributed by atoms with E-state index in [0.717, 1.165) is 11.1 Å². The number of carbonyl (C=O) groups excluding carboxylic acids is 1. The van der Waals surface area contributed by atoms with Gasteiger partial charge in [-0.3, -0.25) is 4.79 Å². The van der Waals surface area contributed by atoms with Gasteiger partial charge in [0.2, 0.25) is 5.78 Å². The minimum Gasteiger partial charge on any atom is -0.288 e. The van der Waals surface area contributed by atoms with E-state index in [0.29, 0.717) is 5.56 Å². The predicted molar refractivity (Wildman–Crippen MR) is 75.5 cm³/mol. The van der Waals surface area contributed by atoms with E-state index in [-0.39, 0.29) is 11.4 Å². The Hall–Kier alpha value is -2.66. The zero-order chi connectivity index (χ0) is 13.7. The molecule has 2 aromatic rings. The number of benzene rings is 2. The van der Waals surface area contributed by atoms with Crippen molar-refractivity contribution in [2.24, 2.45) is 0 Å². The second-order valence-corrected chi connectivity index (χ2v) is 4.22. The highest BCUT2D eigenvalue weighted by Gasteiger charge is 2.11. The van der Waals surface area contributed by atoms with E-state index < -0.39 is 0 Å². The molecule has 0 fully saturated rings. The van der Waals surface area contributed by atoms with Crippen LogP contribution in [0.3, 0.4) is 0 Å². The Morgan fingerprint density at radius 1 is 1.05 bits per heavy atom. The van der Waals surface area contributed by atoms with Crippen LogP contribution in [-0.2, 0) is 0 Å². The minimum absolute atomic E-state index is 0.153. The van der Waals surface area contributed by atoms with Crippen LogP contribution in [-0.4, -0.2) is 5.78 Å². The number of allylic oxidation sites excluding steroid dienone is 1. The van der Waals surface area contributed by atoms with Crippen molar-refractivity contribution < 1.29 is 4.79 Å². The number of hydrogen-bond acceptors (Lipinski definition) is 2. The molecule has 2 heteroatoms. The molecule has 0 aliphatic heterocycles. The molecule has 0 aliphatic rings. The van der Waals surface area contributed by atoms with Crippen LogP contribution in [0.5, 0.6) is 0 Å². The van der Waals surface area contributed by atoms with Crippen molar-refractivity contribution >= 4 is 11.9 Å². The van der Waals surface area contributed by atoms with E-state index in [9.17, 15) is 10.1 Å². The van der Waals surface area contributed by atoms with Gasteiger partial charge in [0.05, 0.1) is 0 Å². The fourth-order valence-corrected chi connectivity index (χ4v) is 1.80. The van der Waals surface area contributed by atoms with Crippen molar-refractivity contribution in [1.29, 1.82) is 5.26 Å². The zero-order valence-electron chi connectivity index (χ0n) is 10.6. The molecule has 0 atom stereocenters. The van der Waals surface area contributed by atoms with Gasteiger partial charge in [0, 0.05) is 5.56 Å². The summed E-state index contributed by atoms with van der Waals surface area (Å²) < 4.78 is 0. The second-order valence-electron chi connectivity index (χ2n) is 4.22. The number of nitriles is 1. The van der Waals surface area contributed by atoms with Gasteiger partial charge in [-0.15, -0.1) is 0 Å². The number of nitrogens with zero attached hydrogens (tertiary/aromatic N) is 1. The fourth-order valence-electron chi connectivity index (χ4n) is 1.80. The van der Waals surface area contributed by atoms with Crippen molar-refractivity contribution in [3.63, 3.8) is 0 Å². The Bertz CT molecular complexity index is 663. The largest absolute Gasteiger partial charge is 0.288 e. The summed E-state index contributed by atoms with van der Waals surface area (Å²) in [4.78, 5) is 12.2. The van der Waals surface area contributed by atoms with Crippen LogP contribution >= 0.6 is 0 Å². The fraction of sp³-hybridized carbons (Fsp3) is 0.0588. The Balaban J connectivity index is 2.39. The number of ketones is 1. The number of aryl methyl sites for hydroxylation is 1. The highest BCUT2D eigenvalue weighted by molar-refractivity contribution is 6.14. The molecule has 0 N–H and O–H groups in total. The normalized spacial score (nSPS) is 10.8. The molecule has 0 amide bonds. The van der Waals surface area contributed by atoms with Crippen molar-refractivity contribution in [2.75, 3.05) is 0 Å². The van der Waals surface area contributed by atoms with Crippen LogP contribution in [0.1, 0.15) is 21.5 Å². The van der Waals surface area contributed by atoms with Gasteiger partial charge in [0.15, 0.2) is 0 Å². The average Bonchev–Trinajstić information content (AvgIpc) is 2.47. The first kappa shape index (κ1) is 12.8. The predicted octanol–water partition coefficient (Wildman–Crippen LogP) is 3.78. The minimum atomic E-state index is -0.244. The smallest absolute Gasteiger partial charge is 0.203 e. The summed E-state index contributed by atoms with van der Waals surface area (Å²) in [6.45, 7) is 1.95. The van der Waals surface area contributed by atoms with Gasteiger partial charge in [0.1, 0.15) is 11.6 Å². The van der Waals surface area contributed by atoms with Crippen LogP contribution in [0.15, 0.2) is 60.2 Å². The van der Waals surface area contributed by atoms with Crippen LogP contribution in [0.2, 0.25) is 0 Å². The van der Waals surface area contributed by atoms with Gasteiger partial charge < -0.3 is 0 Å². The first-order valence-corrected chi connectivity index (χ1v) is 5.99. The third kappa shape index (κ3) is 2.97. The summed E-state index contributed by atoms with van der Waals surface area (Å²) in [5, 5.41) is 9.17. The third-order valence-corrected chi connectivity index (χ3v) is 2.89. The molecule has 0 bridgehead atoms. The summed E-state index contributed by atoms with van der Waals surface area (Å²) in [6.07, 6.45) is 1.64. The standard InChI is InChI=1S/C17H13NO/c1-13-7-5-6-10-15(13)11-16(12-18)17(19)14-8-3-2-4-9-14/h2-11H,1H3. The Morgan fingerprint density at radius 2 is 1.68 bits per heavy atom. The Kier molecular flexibility index (Phi) is 3.90. The van der Waals surface area contributed by atoms with Gasteiger partial charge in [-0.25, -0.2) is 0 Å². The molecule has 19 heavy (non-hydrogen) atoms. The van der Waals surface area contributed by atoms with Gasteiger partial charge in [-0.2, -0.15) is 5.26 Å². The lowest BCUT2D eigenvalue weighted by Crippen LogP contribution is -2.01. The molecule has 0 saturated heterocycles. The number of carbonyl (C=O) groups is 1. The molecule has 0 unspecified atom stereocenters. The van der Waals surface area contributed by atoms with E-state index in [2.05, 4.69) is 0 Å². The van der Waals surface area contributed by atoms with Crippen molar-refractivity contribution in [2.45, 2.75) is 6.92 Å². The number of hydrogen-bond donors (Lipinski definition) is 0. The second kappa shape index (κ2) is 5.79. The first-order chi connectivity index (χ1) is 9.22. The van der Waals surface area contributed by atoms with E-state index in [1.807, 2.05) is 43.3 Å². The highest BCUT2D eigenvalue weighted by Crippen LogP contribution is 2.15. The van der Waals surface area contributed by atoms with E-state index in [4.69, 9.17) is 0 Å². The lowest BCUT2D eigenvalue weighted by Gasteiger charge is -2.02. The molecular weight excluding hydrogens is 234 g/mol. The Morgan fingerprint density at radius 3 is 2.32 bits per heavy atom. The molecule has 2 nitrogen and oxygen atoms in total. The summed E-state index contributed by atoms with van der Waals surface area (Å²) >= 11 is 0. The van der Waals surface area contributed by atoms with Gasteiger partial charge in [-0.1, -0.05) is 54.6 Å². The SMILES string of the molecule is Cc1ccccc1C=C(C#N)C(=O)c1ccccc1. The quantitative estimate of drug-likeness (QED) is 0.470. The molecule has 0 heterocycles. The molecule has 92 valence electrons. The van der Waals surface area contributed by atoms with Gasteiger partial charge in [0.25, 0.3) is 0 Å². The summed E-state index contributed by atoms with van der Waals surface area (Å²) in [6, 6.07) is 18.5. The maximum absolute atomic E-state index is 12.2. The first-order valence-electron chi connectivity index (χ1n) is 5.99. The Labute approximate surface area is 112 Å². The van der Waals surface area contributed by atoms with Gasteiger partial charge in [-0.05, 0) is 24.1 Å². The van der Waals surface area contributed by atoms with Crippen LogP contribution < -0.4 is 0 Å². The topological polar surface area (TPSA) is 40.9 Å². The van der Waals surface area contributed by atoms with E-state index >= 15 is 0 Å². The molecular formula is C17H13NO. The summed E-state index contributed by atoms with van der Waals surface area (Å²) in [5.74, 6) is -0.244. The molecule has 0 radical (unpaired) electrons. The van der Waals surface area contributed by atoms with E-state index in [1.54, 1.807) is 30.3 Å².